The van der Waals surface area contributed by atoms with Crippen molar-refractivity contribution in [2.24, 2.45) is 5.10 Å². The first kappa shape index (κ1) is 23.2. The number of rotatable bonds is 9. The molecule has 2 aromatic heterocycles. The number of nitrogens with zero attached hydrogens (tertiary/aromatic N) is 5. The van der Waals surface area contributed by atoms with E-state index in [2.05, 4.69) is 35.7 Å². The molecule has 3 heterocycles. The molecule has 1 aromatic carbocycles. The van der Waals surface area contributed by atoms with Crippen LogP contribution in [0.4, 0.5) is 11.6 Å². The number of carbonyl (C=O) groups excluding carboxylic acids is 1. The number of pyridine rings is 1. The Morgan fingerprint density at radius 1 is 1.12 bits per heavy atom. The van der Waals surface area contributed by atoms with E-state index >= 15 is 0 Å². The molecule has 1 amide bonds. The number of hydrogen-bond donors (Lipinski definition) is 2. The van der Waals surface area contributed by atoms with Gasteiger partial charge in [0.15, 0.2) is 5.82 Å². The molecule has 0 atom stereocenters. The van der Waals surface area contributed by atoms with Gasteiger partial charge in [-0.3, -0.25) is 15.2 Å². The van der Waals surface area contributed by atoms with Crippen molar-refractivity contribution in [3.05, 3.63) is 71.5 Å². The van der Waals surface area contributed by atoms with Crippen molar-refractivity contribution in [3.63, 3.8) is 0 Å². The van der Waals surface area contributed by atoms with Crippen LogP contribution in [0.15, 0.2) is 59.8 Å². The molecule has 1 fully saturated rings. The Bertz CT molecular complexity index is 1120. The molecule has 0 aliphatic carbocycles. The lowest BCUT2D eigenvalue weighted by Crippen LogP contribution is -2.30. The van der Waals surface area contributed by atoms with Gasteiger partial charge in [0.2, 0.25) is 0 Å². The molecule has 0 radical (unpaired) electrons. The standard InChI is InChI=1S/C25H29N7O2/c1-26-24(33)20-9-7-8-19(16-20)18-28-31-22-17-23(32-13-5-2-6-14-32)30-25(29-22)34-15-11-21-10-3-4-12-27-21/h3-4,7-10,12,16-18H,2,5-6,11,13-15H2,1H3,(H,26,33)(H,29,30,31)/b28-18+. The number of anilines is 2. The van der Waals surface area contributed by atoms with Crippen molar-refractivity contribution in [2.45, 2.75) is 25.7 Å². The SMILES string of the molecule is CNC(=O)c1cccc(/C=N/Nc2cc(N3CCCCC3)nc(OCCc3ccccn3)n2)c1. The molecule has 1 saturated heterocycles. The molecule has 0 saturated carbocycles. The van der Waals surface area contributed by atoms with E-state index in [1.54, 1.807) is 31.6 Å². The summed E-state index contributed by atoms with van der Waals surface area (Å²) >= 11 is 0. The van der Waals surface area contributed by atoms with Crippen LogP contribution in [0.5, 0.6) is 6.01 Å². The molecule has 1 aliphatic rings. The molecule has 0 spiro atoms. The van der Waals surface area contributed by atoms with E-state index in [1.807, 2.05) is 36.4 Å². The van der Waals surface area contributed by atoms with E-state index in [-0.39, 0.29) is 5.91 Å². The average Bonchev–Trinajstić information content (AvgIpc) is 2.89. The minimum absolute atomic E-state index is 0.141. The summed E-state index contributed by atoms with van der Waals surface area (Å²) in [6.45, 7) is 2.34. The lowest BCUT2D eigenvalue weighted by atomic mass is 10.1. The van der Waals surface area contributed by atoms with E-state index in [0.717, 1.165) is 43.0 Å². The van der Waals surface area contributed by atoms with E-state index in [9.17, 15) is 4.79 Å². The van der Waals surface area contributed by atoms with Crippen LogP contribution >= 0.6 is 0 Å². The van der Waals surface area contributed by atoms with Gasteiger partial charge >= 0.3 is 6.01 Å². The van der Waals surface area contributed by atoms with Crippen LogP contribution < -0.4 is 20.4 Å². The summed E-state index contributed by atoms with van der Waals surface area (Å²) < 4.78 is 5.88. The Hall–Kier alpha value is -4.01. The van der Waals surface area contributed by atoms with Crippen molar-refractivity contribution < 1.29 is 9.53 Å². The van der Waals surface area contributed by atoms with Gasteiger partial charge < -0.3 is 15.0 Å². The maximum absolute atomic E-state index is 11.9. The molecule has 0 bridgehead atoms. The number of carbonyl (C=O) groups is 1. The number of hydrogen-bond acceptors (Lipinski definition) is 8. The second kappa shape index (κ2) is 11.7. The monoisotopic (exact) mass is 459 g/mol. The maximum atomic E-state index is 11.9. The fourth-order valence-corrected chi connectivity index (χ4v) is 3.69. The lowest BCUT2D eigenvalue weighted by Gasteiger charge is -2.28. The summed E-state index contributed by atoms with van der Waals surface area (Å²) in [5.41, 5.74) is 5.31. The molecule has 9 heteroatoms. The molecular weight excluding hydrogens is 430 g/mol. The second-order valence-corrected chi connectivity index (χ2v) is 7.94. The maximum Gasteiger partial charge on any atom is 0.320 e. The van der Waals surface area contributed by atoms with E-state index in [0.29, 0.717) is 30.4 Å². The Kier molecular flexibility index (Phi) is 7.99. The molecule has 9 nitrogen and oxygen atoms in total. The summed E-state index contributed by atoms with van der Waals surface area (Å²) in [6, 6.07) is 15.2. The first-order valence-electron chi connectivity index (χ1n) is 11.5. The Labute approximate surface area is 199 Å². The third-order valence-corrected chi connectivity index (χ3v) is 5.46. The number of benzene rings is 1. The molecular formula is C25H29N7O2. The summed E-state index contributed by atoms with van der Waals surface area (Å²) in [4.78, 5) is 27.5. The van der Waals surface area contributed by atoms with Crippen molar-refractivity contribution in [3.8, 4) is 6.01 Å². The quantitative estimate of drug-likeness (QED) is 0.374. The second-order valence-electron chi connectivity index (χ2n) is 7.94. The fourth-order valence-electron chi connectivity index (χ4n) is 3.69. The Morgan fingerprint density at radius 3 is 2.79 bits per heavy atom. The average molecular weight is 460 g/mol. The highest BCUT2D eigenvalue weighted by atomic mass is 16.5. The molecule has 2 N–H and O–H groups in total. The smallest absolute Gasteiger partial charge is 0.320 e. The predicted octanol–water partition coefficient (Wildman–Crippen LogP) is 3.29. The number of piperidine rings is 1. The topological polar surface area (TPSA) is 105 Å². The van der Waals surface area contributed by atoms with Crippen LogP contribution in [-0.2, 0) is 6.42 Å². The molecule has 4 rings (SSSR count). The van der Waals surface area contributed by atoms with Gasteiger partial charge in [-0.15, -0.1) is 0 Å². The first-order valence-corrected chi connectivity index (χ1v) is 11.5. The minimum atomic E-state index is -0.141. The van der Waals surface area contributed by atoms with Crippen molar-refractivity contribution in [1.29, 1.82) is 0 Å². The Morgan fingerprint density at radius 2 is 2.00 bits per heavy atom. The lowest BCUT2D eigenvalue weighted by molar-refractivity contribution is 0.0963. The predicted molar refractivity (Wildman–Crippen MR) is 133 cm³/mol. The largest absolute Gasteiger partial charge is 0.463 e. The summed E-state index contributed by atoms with van der Waals surface area (Å²) in [5, 5.41) is 6.93. The van der Waals surface area contributed by atoms with Gasteiger partial charge in [-0.25, -0.2) is 0 Å². The van der Waals surface area contributed by atoms with Crippen molar-refractivity contribution in [2.75, 3.05) is 37.1 Å². The van der Waals surface area contributed by atoms with Crippen LogP contribution in [0.1, 0.15) is 40.9 Å². The summed E-state index contributed by atoms with van der Waals surface area (Å²) in [5.74, 6) is 1.22. The number of hydrazone groups is 1. The zero-order valence-corrected chi connectivity index (χ0v) is 19.3. The van der Waals surface area contributed by atoms with Gasteiger partial charge in [0.05, 0.1) is 12.8 Å². The number of ether oxygens (including phenoxy) is 1. The highest BCUT2D eigenvalue weighted by Gasteiger charge is 2.15. The third-order valence-electron chi connectivity index (χ3n) is 5.46. The van der Waals surface area contributed by atoms with Crippen LogP contribution in [0.2, 0.25) is 0 Å². The normalized spacial score (nSPS) is 13.6. The van der Waals surface area contributed by atoms with Gasteiger partial charge in [0.25, 0.3) is 5.91 Å². The van der Waals surface area contributed by atoms with Gasteiger partial charge in [-0.2, -0.15) is 15.1 Å². The van der Waals surface area contributed by atoms with Crippen LogP contribution in [0.25, 0.3) is 0 Å². The van der Waals surface area contributed by atoms with Crippen molar-refractivity contribution in [1.82, 2.24) is 20.3 Å². The van der Waals surface area contributed by atoms with Crippen molar-refractivity contribution >= 4 is 23.8 Å². The van der Waals surface area contributed by atoms with Gasteiger partial charge in [-0.1, -0.05) is 18.2 Å². The number of amides is 1. The van der Waals surface area contributed by atoms with E-state index in [4.69, 9.17) is 4.74 Å². The van der Waals surface area contributed by atoms with Crippen LogP contribution in [0, 0.1) is 0 Å². The fraction of sp³-hybridized carbons (Fsp3) is 0.320. The van der Waals surface area contributed by atoms with Crippen LogP contribution in [0.3, 0.4) is 0 Å². The molecule has 3 aromatic rings. The Balaban J connectivity index is 1.47. The van der Waals surface area contributed by atoms with Gasteiger partial charge in [0.1, 0.15) is 5.82 Å². The van der Waals surface area contributed by atoms with Gasteiger partial charge in [0, 0.05) is 50.1 Å². The third kappa shape index (κ3) is 6.50. The van der Waals surface area contributed by atoms with E-state index in [1.165, 1.54) is 6.42 Å². The van der Waals surface area contributed by atoms with E-state index < -0.39 is 0 Å². The number of nitrogens with one attached hydrogen (secondary N) is 2. The molecule has 1 aliphatic heterocycles. The minimum Gasteiger partial charge on any atom is -0.463 e. The summed E-state index contributed by atoms with van der Waals surface area (Å²) in [7, 11) is 1.61. The molecule has 176 valence electrons. The first-order chi connectivity index (χ1) is 16.7. The van der Waals surface area contributed by atoms with Crippen LogP contribution in [-0.4, -0.2) is 53.8 Å². The highest BCUT2D eigenvalue weighted by Crippen LogP contribution is 2.23. The summed E-state index contributed by atoms with van der Waals surface area (Å²) in [6.07, 6.45) is 7.61. The van der Waals surface area contributed by atoms with Gasteiger partial charge in [-0.05, 0) is 49.1 Å². The number of aromatic nitrogens is 3. The zero-order valence-electron chi connectivity index (χ0n) is 19.3. The zero-order chi connectivity index (χ0) is 23.6. The molecule has 34 heavy (non-hydrogen) atoms. The molecule has 0 unspecified atom stereocenters. The highest BCUT2D eigenvalue weighted by molar-refractivity contribution is 5.95.